The van der Waals surface area contributed by atoms with Crippen molar-refractivity contribution in [3.63, 3.8) is 0 Å². The number of hydrogen-bond donors (Lipinski definition) is 1. The summed E-state index contributed by atoms with van der Waals surface area (Å²) in [4.78, 5) is 0. The molecule has 0 saturated carbocycles. The van der Waals surface area contributed by atoms with Crippen LogP contribution in [0.4, 0.5) is 0 Å². The SMILES string of the molecule is [CH2][C@@H](CC=N)COC. The second-order valence-corrected chi connectivity index (χ2v) is 1.76. The van der Waals surface area contributed by atoms with Gasteiger partial charge in [-0.2, -0.15) is 0 Å². The summed E-state index contributed by atoms with van der Waals surface area (Å²) in [6.07, 6.45) is 2.07. The molecule has 1 N–H and O–H groups in total. The molecule has 47 valence electrons. The van der Waals surface area contributed by atoms with E-state index in [1.165, 1.54) is 6.21 Å². The lowest BCUT2D eigenvalue weighted by Crippen LogP contribution is -2.03. The lowest BCUT2D eigenvalue weighted by Gasteiger charge is -2.03. The molecule has 0 aromatic rings. The van der Waals surface area contributed by atoms with Crippen LogP contribution in [0.15, 0.2) is 0 Å². The molecular weight excluding hydrogens is 102 g/mol. The topological polar surface area (TPSA) is 33.1 Å². The summed E-state index contributed by atoms with van der Waals surface area (Å²) in [5.74, 6) is 0.248. The van der Waals surface area contributed by atoms with E-state index in [-0.39, 0.29) is 5.92 Å². The van der Waals surface area contributed by atoms with Gasteiger partial charge in [0.2, 0.25) is 0 Å². The van der Waals surface area contributed by atoms with Gasteiger partial charge in [-0.05, 0) is 25.5 Å². The predicted molar refractivity (Wildman–Crippen MR) is 34.1 cm³/mol. The summed E-state index contributed by atoms with van der Waals surface area (Å²) in [5, 5.41) is 6.69. The van der Waals surface area contributed by atoms with E-state index in [4.69, 9.17) is 10.1 Å². The van der Waals surface area contributed by atoms with Gasteiger partial charge < -0.3 is 10.1 Å². The molecule has 0 saturated heterocycles. The van der Waals surface area contributed by atoms with E-state index in [0.717, 1.165) is 0 Å². The van der Waals surface area contributed by atoms with Crippen LogP contribution in [0.1, 0.15) is 6.42 Å². The fourth-order valence-corrected chi connectivity index (χ4v) is 0.470. The van der Waals surface area contributed by atoms with Gasteiger partial charge >= 0.3 is 0 Å². The molecule has 2 heteroatoms. The molecule has 0 aliphatic rings. The molecule has 0 rings (SSSR count). The van der Waals surface area contributed by atoms with Crippen molar-refractivity contribution < 1.29 is 4.74 Å². The summed E-state index contributed by atoms with van der Waals surface area (Å²) < 4.78 is 4.79. The second-order valence-electron chi connectivity index (χ2n) is 1.76. The van der Waals surface area contributed by atoms with Crippen LogP contribution in [0, 0.1) is 18.3 Å². The summed E-state index contributed by atoms with van der Waals surface area (Å²) in [5.41, 5.74) is 0. The Kier molecular flexibility index (Phi) is 4.56. The average Bonchev–Trinajstić information content (AvgIpc) is 1.68. The highest BCUT2D eigenvalue weighted by molar-refractivity contribution is 5.53. The summed E-state index contributed by atoms with van der Waals surface area (Å²) in [6, 6.07) is 0. The Morgan fingerprint density at radius 1 is 1.88 bits per heavy atom. The molecule has 0 spiro atoms. The molecule has 8 heavy (non-hydrogen) atoms. The molecule has 2 nitrogen and oxygen atoms in total. The fourth-order valence-electron chi connectivity index (χ4n) is 0.470. The zero-order chi connectivity index (χ0) is 6.41. The van der Waals surface area contributed by atoms with Gasteiger partial charge in [-0.3, -0.25) is 0 Å². The minimum atomic E-state index is 0.248. The Bertz CT molecular complexity index is 63.5. The second kappa shape index (κ2) is 4.78. The van der Waals surface area contributed by atoms with Crippen LogP contribution in [-0.4, -0.2) is 19.9 Å². The molecule has 0 unspecified atom stereocenters. The van der Waals surface area contributed by atoms with E-state index in [9.17, 15) is 0 Å². The predicted octanol–water partition coefficient (Wildman–Crippen LogP) is 1.12. The summed E-state index contributed by atoms with van der Waals surface area (Å²) in [7, 11) is 1.64. The van der Waals surface area contributed by atoms with Gasteiger partial charge in [0.25, 0.3) is 0 Å². The molecule has 0 bridgehead atoms. The highest BCUT2D eigenvalue weighted by Gasteiger charge is 1.95. The lowest BCUT2D eigenvalue weighted by atomic mass is 10.1. The third-order valence-electron chi connectivity index (χ3n) is 0.854. The highest BCUT2D eigenvalue weighted by Crippen LogP contribution is 1.96. The highest BCUT2D eigenvalue weighted by atomic mass is 16.5. The van der Waals surface area contributed by atoms with Crippen LogP contribution >= 0.6 is 0 Å². The molecule has 0 aliphatic carbocycles. The molecule has 1 radical (unpaired) electrons. The maximum absolute atomic E-state index is 6.69. The maximum atomic E-state index is 6.69. The van der Waals surface area contributed by atoms with E-state index in [0.29, 0.717) is 13.0 Å². The molecular formula is C6H12NO. The monoisotopic (exact) mass is 114 g/mol. The van der Waals surface area contributed by atoms with Gasteiger partial charge in [0.15, 0.2) is 0 Å². The molecule has 0 heterocycles. The number of hydrogen-bond acceptors (Lipinski definition) is 2. The molecule has 0 aromatic carbocycles. The van der Waals surface area contributed by atoms with Crippen molar-refractivity contribution in [1.82, 2.24) is 0 Å². The fraction of sp³-hybridized carbons (Fsp3) is 0.667. The molecule has 0 amide bonds. The Labute approximate surface area is 50.4 Å². The van der Waals surface area contributed by atoms with E-state index in [1.807, 2.05) is 0 Å². The summed E-state index contributed by atoms with van der Waals surface area (Å²) in [6.45, 7) is 4.39. The first kappa shape index (κ1) is 7.63. The van der Waals surface area contributed by atoms with Gasteiger partial charge in [0, 0.05) is 13.7 Å². The van der Waals surface area contributed by atoms with Gasteiger partial charge in [-0.25, -0.2) is 0 Å². The normalized spacial score (nSPS) is 13.2. The van der Waals surface area contributed by atoms with Gasteiger partial charge in [0.1, 0.15) is 0 Å². The van der Waals surface area contributed by atoms with E-state index in [1.54, 1.807) is 7.11 Å². The van der Waals surface area contributed by atoms with Crippen LogP contribution in [0.3, 0.4) is 0 Å². The minimum Gasteiger partial charge on any atom is -0.384 e. The van der Waals surface area contributed by atoms with Gasteiger partial charge in [0.05, 0.1) is 0 Å². The number of nitrogens with one attached hydrogen (secondary N) is 1. The smallest absolute Gasteiger partial charge is 0.0494 e. The van der Waals surface area contributed by atoms with E-state index >= 15 is 0 Å². The van der Waals surface area contributed by atoms with Gasteiger partial charge in [-0.1, -0.05) is 0 Å². The molecule has 1 atom stereocenters. The van der Waals surface area contributed by atoms with Crippen molar-refractivity contribution in [3.8, 4) is 0 Å². The average molecular weight is 114 g/mol. The van der Waals surface area contributed by atoms with Crippen LogP contribution in [-0.2, 0) is 4.74 Å². The first-order chi connectivity index (χ1) is 3.81. The van der Waals surface area contributed by atoms with Crippen molar-refractivity contribution in [1.29, 1.82) is 5.41 Å². The Hall–Kier alpha value is -0.370. The van der Waals surface area contributed by atoms with Crippen molar-refractivity contribution in [2.75, 3.05) is 13.7 Å². The van der Waals surface area contributed by atoms with Crippen molar-refractivity contribution in [2.24, 2.45) is 5.92 Å². The van der Waals surface area contributed by atoms with E-state index in [2.05, 4.69) is 6.92 Å². The zero-order valence-electron chi connectivity index (χ0n) is 5.18. The standard InChI is InChI=1S/C6H12NO/c1-6(3-4-7)5-8-2/h4,6-7H,1,3,5H2,2H3/t6-/m0/s1. The third kappa shape index (κ3) is 3.81. The summed E-state index contributed by atoms with van der Waals surface area (Å²) >= 11 is 0. The first-order valence-electron chi connectivity index (χ1n) is 2.62. The Morgan fingerprint density at radius 2 is 2.50 bits per heavy atom. The molecule has 0 aliphatic heterocycles. The quantitative estimate of drug-likeness (QED) is 0.546. The zero-order valence-corrected chi connectivity index (χ0v) is 5.18. The number of methoxy groups -OCH3 is 1. The Balaban J connectivity index is 3.03. The van der Waals surface area contributed by atoms with Crippen LogP contribution in [0.5, 0.6) is 0 Å². The van der Waals surface area contributed by atoms with Crippen LogP contribution < -0.4 is 0 Å². The van der Waals surface area contributed by atoms with Crippen LogP contribution in [0.25, 0.3) is 0 Å². The van der Waals surface area contributed by atoms with E-state index < -0.39 is 0 Å². The lowest BCUT2D eigenvalue weighted by molar-refractivity contribution is 0.171. The third-order valence-corrected chi connectivity index (χ3v) is 0.854. The first-order valence-corrected chi connectivity index (χ1v) is 2.62. The van der Waals surface area contributed by atoms with Crippen LogP contribution in [0.2, 0.25) is 0 Å². The van der Waals surface area contributed by atoms with Gasteiger partial charge in [-0.15, -0.1) is 0 Å². The van der Waals surface area contributed by atoms with Crippen molar-refractivity contribution in [3.05, 3.63) is 6.92 Å². The Morgan fingerprint density at radius 3 is 2.88 bits per heavy atom. The number of rotatable bonds is 4. The molecule has 0 fully saturated rings. The maximum Gasteiger partial charge on any atom is 0.0494 e. The van der Waals surface area contributed by atoms with Crippen molar-refractivity contribution >= 4 is 6.21 Å². The number of ether oxygens (including phenoxy) is 1. The molecule has 0 aromatic heterocycles. The largest absolute Gasteiger partial charge is 0.384 e. The van der Waals surface area contributed by atoms with Crippen molar-refractivity contribution in [2.45, 2.75) is 6.42 Å². The minimum absolute atomic E-state index is 0.248.